The van der Waals surface area contributed by atoms with Gasteiger partial charge in [0.25, 0.3) is 5.88 Å². The Labute approximate surface area is 197 Å². The van der Waals surface area contributed by atoms with Gasteiger partial charge in [-0.1, -0.05) is 24.3 Å². The lowest BCUT2D eigenvalue weighted by atomic mass is 10.1. The lowest BCUT2D eigenvalue weighted by Gasteiger charge is -2.24. The molecule has 35 heavy (non-hydrogen) atoms. The first-order valence-corrected chi connectivity index (χ1v) is 12.0. The number of anilines is 1. The minimum absolute atomic E-state index is 0.0364. The number of hydrogen-bond acceptors (Lipinski definition) is 9. The Morgan fingerprint density at radius 3 is 2.66 bits per heavy atom. The molecule has 0 unspecified atom stereocenters. The van der Waals surface area contributed by atoms with Crippen LogP contribution in [0.3, 0.4) is 0 Å². The number of nitrogens with one attached hydrogen (secondary N) is 1. The van der Waals surface area contributed by atoms with Crippen molar-refractivity contribution in [2.24, 2.45) is 11.1 Å². The molecule has 0 radical (unpaired) electrons. The molecule has 4 rings (SSSR count). The summed E-state index contributed by atoms with van der Waals surface area (Å²) >= 11 is 0. The molecule has 10 nitrogen and oxygen atoms in total. The quantitative estimate of drug-likeness (QED) is 0.443. The van der Waals surface area contributed by atoms with Crippen LogP contribution in [0, 0.1) is 11.7 Å². The molecule has 0 spiro atoms. The maximum atomic E-state index is 15.2. The van der Waals surface area contributed by atoms with Crippen LogP contribution in [-0.2, 0) is 25.6 Å². The van der Waals surface area contributed by atoms with Crippen LogP contribution in [0.1, 0.15) is 30.0 Å². The highest BCUT2D eigenvalue weighted by atomic mass is 32.2. The van der Waals surface area contributed by atoms with E-state index >= 15 is 4.39 Å². The van der Waals surface area contributed by atoms with Crippen molar-refractivity contribution in [1.29, 1.82) is 0 Å². The third-order valence-corrected chi connectivity index (χ3v) is 6.32. The molecule has 0 amide bonds. The average Bonchev–Trinajstić information content (AvgIpc) is 3.27. The first-order chi connectivity index (χ1) is 16.4. The van der Waals surface area contributed by atoms with E-state index in [1.807, 2.05) is 0 Å². The Morgan fingerprint density at radius 2 is 1.94 bits per heavy atom. The summed E-state index contributed by atoms with van der Waals surface area (Å²) < 4.78 is 90.3. The van der Waals surface area contributed by atoms with Crippen LogP contribution >= 0.6 is 0 Å². The number of aliphatic hydroxyl groups is 1. The molecule has 1 aromatic carbocycles. The van der Waals surface area contributed by atoms with E-state index in [4.69, 9.17) is 9.88 Å². The van der Waals surface area contributed by atoms with Crippen LogP contribution in [0.15, 0.2) is 30.6 Å². The van der Waals surface area contributed by atoms with Crippen LogP contribution < -0.4 is 15.2 Å². The molecule has 0 saturated heterocycles. The van der Waals surface area contributed by atoms with E-state index in [1.54, 1.807) is 24.3 Å². The second-order valence-corrected chi connectivity index (χ2v) is 9.51. The predicted octanol–water partition coefficient (Wildman–Crippen LogP) is 1.97. The molecule has 4 N–H and O–H groups in total. The van der Waals surface area contributed by atoms with Crippen molar-refractivity contribution >= 4 is 16.1 Å². The number of aromatic nitrogens is 2. The van der Waals surface area contributed by atoms with Gasteiger partial charge in [-0.15, -0.1) is 13.2 Å². The molecule has 1 heterocycles. The first kappa shape index (κ1) is 25.5. The molecule has 2 aliphatic carbocycles. The van der Waals surface area contributed by atoms with Crippen LogP contribution in [0.4, 0.5) is 23.4 Å². The van der Waals surface area contributed by atoms with Gasteiger partial charge >= 0.3 is 16.7 Å². The van der Waals surface area contributed by atoms with E-state index in [-0.39, 0.29) is 31.7 Å². The number of nitrogens with two attached hydrogens (primary N) is 1. The number of aliphatic hydroxyl groups excluding tert-OH is 1. The van der Waals surface area contributed by atoms with Crippen molar-refractivity contribution in [3.05, 3.63) is 47.5 Å². The fourth-order valence-corrected chi connectivity index (χ4v) is 4.73. The normalized spacial score (nSPS) is 26.5. The Kier molecular flexibility index (Phi) is 7.15. The Hall–Kier alpha value is -2.59. The van der Waals surface area contributed by atoms with Gasteiger partial charge in [-0.05, 0) is 17.5 Å². The highest BCUT2D eigenvalue weighted by Crippen LogP contribution is 2.39. The summed E-state index contributed by atoms with van der Waals surface area (Å²) in [6.45, 7) is -0.374. The Morgan fingerprint density at radius 1 is 1.20 bits per heavy atom. The molecule has 1 aromatic heterocycles. The van der Waals surface area contributed by atoms with Crippen LogP contribution in [0.25, 0.3) is 0 Å². The Balaban J connectivity index is 1.48. The van der Waals surface area contributed by atoms with Crippen molar-refractivity contribution in [3.8, 4) is 5.88 Å². The highest BCUT2D eigenvalue weighted by molar-refractivity contribution is 7.84. The molecular weight excluding hydrogens is 500 g/mol. The summed E-state index contributed by atoms with van der Waals surface area (Å²) in [5, 5.41) is 17.6. The number of rotatable bonds is 8. The van der Waals surface area contributed by atoms with Crippen molar-refractivity contribution in [3.63, 3.8) is 0 Å². The van der Waals surface area contributed by atoms with Gasteiger partial charge in [0.05, 0.1) is 24.9 Å². The minimum Gasteiger partial charge on any atom is -0.472 e. The summed E-state index contributed by atoms with van der Waals surface area (Å²) in [6, 6.07) is 5.57. The van der Waals surface area contributed by atoms with E-state index in [2.05, 4.69) is 24.2 Å². The molecule has 2 aromatic rings. The zero-order valence-electron chi connectivity index (χ0n) is 18.0. The second kappa shape index (κ2) is 9.81. The van der Waals surface area contributed by atoms with E-state index < -0.39 is 58.6 Å². The van der Waals surface area contributed by atoms with E-state index in [1.165, 1.54) is 0 Å². The van der Waals surface area contributed by atoms with Gasteiger partial charge < -0.3 is 15.2 Å². The molecule has 192 valence electrons. The molecule has 2 aliphatic rings. The van der Waals surface area contributed by atoms with E-state index in [9.17, 15) is 26.7 Å². The summed E-state index contributed by atoms with van der Waals surface area (Å²) in [7, 11) is -4.19. The van der Waals surface area contributed by atoms with E-state index in [0.29, 0.717) is 11.1 Å². The Bertz CT molecular complexity index is 1170. The highest BCUT2D eigenvalue weighted by Gasteiger charge is 2.42. The fourth-order valence-electron chi connectivity index (χ4n) is 4.36. The van der Waals surface area contributed by atoms with Crippen molar-refractivity contribution in [1.82, 2.24) is 9.97 Å². The van der Waals surface area contributed by atoms with E-state index in [0.717, 1.165) is 6.33 Å². The number of nitrogens with zero attached hydrogens (tertiary/aromatic N) is 2. The van der Waals surface area contributed by atoms with Crippen molar-refractivity contribution in [2.75, 3.05) is 11.9 Å². The summed E-state index contributed by atoms with van der Waals surface area (Å²) in [5.41, 5.74) is 1.14. The lowest BCUT2D eigenvalue weighted by Crippen LogP contribution is -2.31. The molecule has 0 bridgehead atoms. The molecule has 0 aliphatic heterocycles. The monoisotopic (exact) mass is 522 g/mol. The summed E-state index contributed by atoms with van der Waals surface area (Å²) in [4.78, 5) is 7.55. The standard InChI is InChI=1S/C20H22F4N4O6S/c21-16-18(28-17-13-4-2-1-3-10(13)6-15(17)34-20(22,23)24)26-9-27-19(16)33-12-5-11(14(29)7-12)8-32-35(25,30)31/h1-4,9,11-12,14-15,17,29H,5-8H2,(H2,25,30,31)(H,26,27,28)/t11-,12+,14-,15-,17+/m0/s1. The number of ether oxygens (including phenoxy) is 2. The van der Waals surface area contributed by atoms with Crippen molar-refractivity contribution in [2.45, 2.75) is 50.0 Å². The van der Waals surface area contributed by atoms with Gasteiger partial charge in [-0.2, -0.15) is 17.8 Å². The van der Waals surface area contributed by atoms with Gasteiger partial charge in [0.15, 0.2) is 5.82 Å². The van der Waals surface area contributed by atoms with Crippen LogP contribution in [0.2, 0.25) is 0 Å². The smallest absolute Gasteiger partial charge is 0.472 e. The molecule has 1 saturated carbocycles. The maximum absolute atomic E-state index is 15.2. The van der Waals surface area contributed by atoms with Gasteiger partial charge in [-0.25, -0.2) is 10.1 Å². The third-order valence-electron chi connectivity index (χ3n) is 5.86. The summed E-state index contributed by atoms with van der Waals surface area (Å²) in [6.07, 6.45) is -6.85. The number of halogens is 4. The number of benzene rings is 1. The van der Waals surface area contributed by atoms with Gasteiger partial charge in [0, 0.05) is 18.8 Å². The van der Waals surface area contributed by atoms with Crippen LogP contribution in [0.5, 0.6) is 5.88 Å². The molecular formula is C20H22F4N4O6S. The number of alkyl halides is 3. The zero-order valence-corrected chi connectivity index (χ0v) is 18.8. The summed E-state index contributed by atoms with van der Waals surface area (Å²) in [5.74, 6) is -2.54. The van der Waals surface area contributed by atoms with Crippen LogP contribution in [-0.4, -0.2) is 54.8 Å². The lowest BCUT2D eigenvalue weighted by molar-refractivity contribution is -0.343. The topological polar surface area (TPSA) is 146 Å². The van der Waals surface area contributed by atoms with Gasteiger partial charge in [-0.3, -0.25) is 8.92 Å². The van der Waals surface area contributed by atoms with Crippen molar-refractivity contribution < 1.29 is 44.7 Å². The zero-order chi connectivity index (χ0) is 25.4. The molecule has 1 fully saturated rings. The number of hydrogen-bond donors (Lipinski definition) is 3. The maximum Gasteiger partial charge on any atom is 0.522 e. The van der Waals surface area contributed by atoms with Gasteiger partial charge in [0.1, 0.15) is 12.4 Å². The minimum atomic E-state index is -4.89. The fraction of sp³-hybridized carbons (Fsp3) is 0.500. The number of fused-ring (bicyclic) bond motifs is 1. The largest absolute Gasteiger partial charge is 0.522 e. The molecule has 5 atom stereocenters. The first-order valence-electron chi connectivity index (χ1n) is 10.5. The second-order valence-electron chi connectivity index (χ2n) is 8.28. The predicted molar refractivity (Wildman–Crippen MR) is 112 cm³/mol. The SMILES string of the molecule is NS(=O)(=O)OC[C@@H]1C[C@@H](Oc2ncnc(N[C@@H]3c4ccccc4C[C@@H]3OC(F)(F)F)c2F)C[C@@H]1O. The average molecular weight is 522 g/mol. The molecule has 15 heteroatoms. The van der Waals surface area contributed by atoms with Gasteiger partial charge in [0.2, 0.25) is 5.82 Å². The third kappa shape index (κ3) is 6.35.